The summed E-state index contributed by atoms with van der Waals surface area (Å²) < 4.78 is 0. The third-order valence-electron chi connectivity index (χ3n) is 2.14. The van der Waals surface area contributed by atoms with Gasteiger partial charge in [0.05, 0.1) is 0 Å². The highest BCUT2D eigenvalue weighted by atomic mass is 16.3. The van der Waals surface area contributed by atoms with Crippen molar-refractivity contribution in [2.24, 2.45) is 5.73 Å². The van der Waals surface area contributed by atoms with Crippen LogP contribution in [-0.4, -0.2) is 5.11 Å². The minimum absolute atomic E-state index is 0.382. The molecule has 1 aromatic carbocycles. The van der Waals surface area contributed by atoms with Gasteiger partial charge in [-0.1, -0.05) is 13.0 Å². The Hall–Kier alpha value is -1.02. The molecule has 0 heterocycles. The van der Waals surface area contributed by atoms with Crippen LogP contribution < -0.4 is 5.73 Å². The van der Waals surface area contributed by atoms with Crippen LogP contribution >= 0.6 is 0 Å². The molecule has 0 saturated heterocycles. The lowest BCUT2D eigenvalue weighted by Crippen LogP contribution is -2.00. The van der Waals surface area contributed by atoms with Crippen molar-refractivity contribution < 1.29 is 5.11 Å². The molecular weight excluding hydrogens is 150 g/mol. The van der Waals surface area contributed by atoms with Crippen molar-refractivity contribution in [1.82, 2.24) is 0 Å². The fourth-order valence-corrected chi connectivity index (χ4v) is 1.29. The van der Waals surface area contributed by atoms with Crippen molar-refractivity contribution in [1.29, 1.82) is 0 Å². The van der Waals surface area contributed by atoms with Crippen LogP contribution in [0.3, 0.4) is 0 Å². The maximum absolute atomic E-state index is 9.47. The zero-order valence-corrected chi connectivity index (χ0v) is 7.59. The van der Waals surface area contributed by atoms with Crippen molar-refractivity contribution in [3.63, 3.8) is 0 Å². The van der Waals surface area contributed by atoms with E-state index in [9.17, 15) is 5.11 Å². The van der Waals surface area contributed by atoms with Gasteiger partial charge >= 0.3 is 0 Å². The number of phenolic OH excluding ortho intramolecular Hbond substituents is 1. The Balaban J connectivity index is 3.18. The predicted molar refractivity (Wildman–Crippen MR) is 50.1 cm³/mol. The van der Waals surface area contributed by atoms with Crippen LogP contribution in [0.25, 0.3) is 0 Å². The van der Waals surface area contributed by atoms with E-state index in [2.05, 4.69) is 0 Å². The van der Waals surface area contributed by atoms with Gasteiger partial charge in [0.25, 0.3) is 0 Å². The first kappa shape index (κ1) is 9.07. The summed E-state index contributed by atoms with van der Waals surface area (Å²) in [5.74, 6) is 0.382. The van der Waals surface area contributed by atoms with E-state index in [0.717, 1.165) is 23.1 Å². The lowest BCUT2D eigenvalue weighted by molar-refractivity contribution is 0.468. The van der Waals surface area contributed by atoms with Crippen LogP contribution in [0, 0.1) is 6.92 Å². The number of hydrogen-bond acceptors (Lipinski definition) is 2. The van der Waals surface area contributed by atoms with Crippen molar-refractivity contribution in [2.45, 2.75) is 26.8 Å². The van der Waals surface area contributed by atoms with Gasteiger partial charge < -0.3 is 10.8 Å². The lowest BCUT2D eigenvalue weighted by Gasteiger charge is -2.07. The van der Waals surface area contributed by atoms with Crippen molar-refractivity contribution in [2.75, 3.05) is 0 Å². The van der Waals surface area contributed by atoms with Crippen LogP contribution in [0.4, 0.5) is 0 Å². The number of nitrogens with two attached hydrogens (primary N) is 1. The van der Waals surface area contributed by atoms with Crippen molar-refractivity contribution >= 4 is 0 Å². The van der Waals surface area contributed by atoms with Gasteiger partial charge in [-0.05, 0) is 36.1 Å². The first-order chi connectivity index (χ1) is 5.69. The second-order valence-corrected chi connectivity index (χ2v) is 2.97. The Bertz CT molecular complexity index is 256. The van der Waals surface area contributed by atoms with E-state index in [-0.39, 0.29) is 0 Å². The predicted octanol–water partition coefficient (Wildman–Crippen LogP) is 1.72. The van der Waals surface area contributed by atoms with Crippen LogP contribution in [-0.2, 0) is 13.0 Å². The van der Waals surface area contributed by atoms with E-state index in [1.807, 2.05) is 19.9 Å². The van der Waals surface area contributed by atoms with E-state index >= 15 is 0 Å². The molecule has 0 spiro atoms. The summed E-state index contributed by atoms with van der Waals surface area (Å²) in [5, 5.41) is 9.47. The molecule has 0 saturated carbocycles. The highest BCUT2D eigenvalue weighted by molar-refractivity contribution is 5.41. The maximum atomic E-state index is 9.47. The average Bonchev–Trinajstić information content (AvgIpc) is 2.05. The normalized spacial score (nSPS) is 10.2. The summed E-state index contributed by atoms with van der Waals surface area (Å²) in [6.45, 7) is 4.52. The molecule has 66 valence electrons. The molecule has 0 aromatic heterocycles. The van der Waals surface area contributed by atoms with Gasteiger partial charge in [-0.25, -0.2) is 0 Å². The molecule has 0 atom stereocenters. The molecule has 0 fully saturated rings. The number of aromatic hydroxyl groups is 1. The molecule has 2 heteroatoms. The second-order valence-electron chi connectivity index (χ2n) is 2.97. The first-order valence-electron chi connectivity index (χ1n) is 4.20. The van der Waals surface area contributed by atoms with Gasteiger partial charge in [-0.15, -0.1) is 0 Å². The molecule has 0 aliphatic rings. The molecule has 0 unspecified atom stereocenters. The van der Waals surface area contributed by atoms with Gasteiger partial charge in [0.15, 0.2) is 0 Å². The second kappa shape index (κ2) is 3.59. The number of hydrogen-bond donors (Lipinski definition) is 2. The van der Waals surface area contributed by atoms with E-state index in [1.54, 1.807) is 6.07 Å². The van der Waals surface area contributed by atoms with Gasteiger partial charge in [0, 0.05) is 6.54 Å². The molecule has 0 amide bonds. The van der Waals surface area contributed by atoms with Gasteiger partial charge in [-0.3, -0.25) is 0 Å². The summed E-state index contributed by atoms with van der Waals surface area (Å²) in [6, 6.07) is 3.76. The molecule has 0 aliphatic heterocycles. The van der Waals surface area contributed by atoms with Gasteiger partial charge in [0.1, 0.15) is 5.75 Å². The largest absolute Gasteiger partial charge is 0.508 e. The molecule has 0 radical (unpaired) electrons. The molecule has 2 nitrogen and oxygen atoms in total. The van der Waals surface area contributed by atoms with E-state index in [4.69, 9.17) is 5.73 Å². The summed E-state index contributed by atoms with van der Waals surface area (Å²) in [7, 11) is 0. The molecule has 0 bridgehead atoms. The molecule has 12 heavy (non-hydrogen) atoms. The number of aryl methyl sites for hydroxylation is 2. The highest BCUT2D eigenvalue weighted by Crippen LogP contribution is 2.22. The first-order valence-corrected chi connectivity index (χ1v) is 4.20. The average molecular weight is 165 g/mol. The minimum atomic E-state index is 0.382. The maximum Gasteiger partial charge on any atom is 0.119 e. The summed E-state index contributed by atoms with van der Waals surface area (Å²) >= 11 is 0. The fraction of sp³-hybridized carbons (Fsp3) is 0.400. The van der Waals surface area contributed by atoms with Crippen LogP contribution in [0.15, 0.2) is 12.1 Å². The fourth-order valence-electron chi connectivity index (χ4n) is 1.29. The standard InChI is InChI=1S/C10H15NO/c1-3-8-5-9(6-11)7(2)4-10(8)12/h4-5,12H,3,6,11H2,1-2H3. The minimum Gasteiger partial charge on any atom is -0.508 e. The SMILES string of the molecule is CCc1cc(CN)c(C)cc1O. The molecular formula is C10H15NO. The summed E-state index contributed by atoms with van der Waals surface area (Å²) in [4.78, 5) is 0. The van der Waals surface area contributed by atoms with Crippen LogP contribution in [0.2, 0.25) is 0 Å². The Morgan fingerprint density at radius 2 is 2.00 bits per heavy atom. The van der Waals surface area contributed by atoms with Crippen LogP contribution in [0.5, 0.6) is 5.75 Å². The topological polar surface area (TPSA) is 46.2 Å². The van der Waals surface area contributed by atoms with E-state index < -0.39 is 0 Å². The zero-order chi connectivity index (χ0) is 9.14. The third-order valence-corrected chi connectivity index (χ3v) is 2.14. The van der Waals surface area contributed by atoms with Crippen LogP contribution in [0.1, 0.15) is 23.6 Å². The summed E-state index contributed by atoms with van der Waals surface area (Å²) in [5.41, 5.74) is 8.69. The highest BCUT2D eigenvalue weighted by Gasteiger charge is 2.03. The van der Waals surface area contributed by atoms with Crippen molar-refractivity contribution in [3.8, 4) is 5.75 Å². The molecule has 1 rings (SSSR count). The molecule has 1 aromatic rings. The number of rotatable bonds is 2. The third kappa shape index (κ3) is 1.59. The number of benzene rings is 1. The smallest absolute Gasteiger partial charge is 0.119 e. The van der Waals surface area contributed by atoms with E-state index in [1.165, 1.54) is 0 Å². The van der Waals surface area contributed by atoms with Gasteiger partial charge in [0.2, 0.25) is 0 Å². The monoisotopic (exact) mass is 165 g/mol. The zero-order valence-electron chi connectivity index (χ0n) is 7.59. The van der Waals surface area contributed by atoms with Crippen molar-refractivity contribution in [3.05, 3.63) is 28.8 Å². The lowest BCUT2D eigenvalue weighted by atomic mass is 10.0. The number of phenols is 1. The molecule has 0 aliphatic carbocycles. The Morgan fingerprint density at radius 1 is 1.33 bits per heavy atom. The van der Waals surface area contributed by atoms with Gasteiger partial charge in [-0.2, -0.15) is 0 Å². The Kier molecular flexibility index (Phi) is 2.71. The molecule has 3 N–H and O–H groups in total. The summed E-state index contributed by atoms with van der Waals surface area (Å²) in [6.07, 6.45) is 0.846. The Labute approximate surface area is 73.0 Å². The van der Waals surface area contributed by atoms with E-state index in [0.29, 0.717) is 12.3 Å². The quantitative estimate of drug-likeness (QED) is 0.701. The Morgan fingerprint density at radius 3 is 2.50 bits per heavy atom.